The van der Waals surface area contributed by atoms with Crippen molar-refractivity contribution in [2.75, 3.05) is 0 Å². The zero-order valence-electron chi connectivity index (χ0n) is 12.0. The van der Waals surface area contributed by atoms with Crippen molar-refractivity contribution in [2.45, 2.75) is 52.4 Å². The topological polar surface area (TPSA) is 46.5 Å². The Morgan fingerprint density at radius 2 is 1.61 bits per heavy atom. The fourth-order valence-corrected chi connectivity index (χ4v) is 1.77. The molecule has 0 saturated heterocycles. The predicted octanol–water partition coefficient (Wildman–Crippen LogP) is 4.34. The van der Waals surface area contributed by atoms with Gasteiger partial charge in [0.05, 0.1) is 0 Å². The molecule has 18 heavy (non-hydrogen) atoms. The lowest BCUT2D eigenvalue weighted by Gasteiger charge is -2.26. The number of hydrogen-bond acceptors (Lipinski definition) is 2. The third-order valence-corrected chi connectivity index (χ3v) is 2.85. The van der Waals surface area contributed by atoms with Crippen LogP contribution in [0.3, 0.4) is 0 Å². The fraction of sp³-hybridized carbons (Fsp3) is 0.533. The molecule has 0 heterocycles. The second-order valence-electron chi connectivity index (χ2n) is 6.58. The Hall–Kier alpha value is -1.51. The molecule has 0 unspecified atom stereocenters. The van der Waals surface area contributed by atoms with Gasteiger partial charge in [-0.25, -0.2) is 4.79 Å². The number of carboxylic acid groups (broad SMARTS) is 1. The van der Waals surface area contributed by atoms with Gasteiger partial charge in [0.2, 0.25) is 0 Å². The van der Waals surface area contributed by atoms with E-state index >= 15 is 0 Å². The lowest BCUT2D eigenvalue weighted by Crippen LogP contribution is -2.18. The van der Waals surface area contributed by atoms with E-state index in [-0.39, 0.29) is 10.8 Å². The van der Waals surface area contributed by atoms with Gasteiger partial charge >= 0.3 is 6.16 Å². The van der Waals surface area contributed by atoms with Gasteiger partial charge in [0.1, 0.15) is 5.75 Å². The van der Waals surface area contributed by atoms with Crippen molar-refractivity contribution in [3.05, 3.63) is 29.3 Å². The van der Waals surface area contributed by atoms with Crippen LogP contribution in [0.15, 0.2) is 18.2 Å². The fourth-order valence-electron chi connectivity index (χ4n) is 1.77. The number of ether oxygens (including phenoxy) is 1. The van der Waals surface area contributed by atoms with Crippen LogP contribution in [0.25, 0.3) is 0 Å². The molecule has 0 saturated carbocycles. The Balaban J connectivity index is 3.34. The Morgan fingerprint density at radius 1 is 1.06 bits per heavy atom. The summed E-state index contributed by atoms with van der Waals surface area (Å²) in [6.45, 7) is 12.5. The molecule has 100 valence electrons. The summed E-state index contributed by atoms with van der Waals surface area (Å²) >= 11 is 0. The maximum Gasteiger partial charge on any atom is 0.511 e. The van der Waals surface area contributed by atoms with Crippen molar-refractivity contribution < 1.29 is 14.6 Å². The van der Waals surface area contributed by atoms with E-state index in [1.54, 1.807) is 6.07 Å². The van der Waals surface area contributed by atoms with E-state index in [1.807, 2.05) is 32.9 Å². The smallest absolute Gasteiger partial charge is 0.449 e. The molecular formula is C15H22O3. The first kappa shape index (κ1) is 14.6. The highest BCUT2D eigenvalue weighted by Crippen LogP contribution is 2.35. The molecule has 3 heteroatoms. The third kappa shape index (κ3) is 3.49. The molecule has 0 aliphatic heterocycles. The van der Waals surface area contributed by atoms with Crippen molar-refractivity contribution >= 4 is 6.16 Å². The zero-order chi connectivity index (χ0) is 14.1. The summed E-state index contributed by atoms with van der Waals surface area (Å²) in [5.41, 5.74) is 1.95. The Morgan fingerprint density at radius 3 is 2.00 bits per heavy atom. The van der Waals surface area contributed by atoms with Gasteiger partial charge in [-0.1, -0.05) is 53.7 Å². The van der Waals surface area contributed by atoms with Crippen molar-refractivity contribution in [1.82, 2.24) is 0 Å². The van der Waals surface area contributed by atoms with Crippen LogP contribution in [0.4, 0.5) is 4.79 Å². The van der Waals surface area contributed by atoms with E-state index in [9.17, 15) is 4.79 Å². The molecule has 0 atom stereocenters. The molecule has 0 bridgehead atoms. The number of benzene rings is 1. The number of rotatable bonds is 1. The predicted molar refractivity (Wildman–Crippen MR) is 72.5 cm³/mol. The minimum Gasteiger partial charge on any atom is -0.449 e. The molecule has 3 nitrogen and oxygen atoms in total. The Kier molecular flexibility index (Phi) is 3.75. The molecule has 1 rings (SSSR count). The lowest BCUT2D eigenvalue weighted by molar-refractivity contribution is 0.143. The third-order valence-electron chi connectivity index (χ3n) is 2.85. The standard InChI is InChI=1S/C15H22O3/c1-14(2,3)10-7-8-12(18-13(16)17)11(9-10)15(4,5)6/h7-9H,1-6H3,(H,16,17). The van der Waals surface area contributed by atoms with Crippen molar-refractivity contribution in [1.29, 1.82) is 0 Å². The summed E-state index contributed by atoms with van der Waals surface area (Å²) in [4.78, 5) is 10.7. The number of carbonyl (C=O) groups is 1. The summed E-state index contributed by atoms with van der Waals surface area (Å²) < 4.78 is 4.86. The highest BCUT2D eigenvalue weighted by Gasteiger charge is 2.23. The first-order valence-electron chi connectivity index (χ1n) is 6.07. The summed E-state index contributed by atoms with van der Waals surface area (Å²) in [6, 6.07) is 5.71. The van der Waals surface area contributed by atoms with Crippen LogP contribution in [0, 0.1) is 0 Å². The first-order chi connectivity index (χ1) is 8.01. The second-order valence-corrected chi connectivity index (χ2v) is 6.58. The molecule has 1 N–H and O–H groups in total. The number of hydrogen-bond donors (Lipinski definition) is 1. The van der Waals surface area contributed by atoms with E-state index in [2.05, 4.69) is 20.8 Å². The van der Waals surface area contributed by atoms with Crippen molar-refractivity contribution in [3.63, 3.8) is 0 Å². The van der Waals surface area contributed by atoms with Gasteiger partial charge < -0.3 is 9.84 Å². The van der Waals surface area contributed by atoms with Gasteiger partial charge in [0.15, 0.2) is 0 Å². The van der Waals surface area contributed by atoms with Gasteiger partial charge in [0, 0.05) is 5.56 Å². The molecule has 1 aromatic rings. The van der Waals surface area contributed by atoms with E-state index in [0.29, 0.717) is 5.75 Å². The average molecular weight is 250 g/mol. The maximum absolute atomic E-state index is 10.7. The maximum atomic E-state index is 10.7. The van der Waals surface area contributed by atoms with Gasteiger partial charge in [-0.3, -0.25) is 0 Å². The summed E-state index contributed by atoms with van der Waals surface area (Å²) in [7, 11) is 0. The minimum atomic E-state index is -1.27. The molecule has 0 aliphatic carbocycles. The highest BCUT2D eigenvalue weighted by atomic mass is 16.7. The highest BCUT2D eigenvalue weighted by molar-refractivity contribution is 5.62. The van der Waals surface area contributed by atoms with Crippen LogP contribution in [0.1, 0.15) is 52.7 Å². The molecule has 0 amide bonds. The van der Waals surface area contributed by atoms with Crippen LogP contribution in [0.5, 0.6) is 5.75 Å². The largest absolute Gasteiger partial charge is 0.511 e. The van der Waals surface area contributed by atoms with Gasteiger partial charge in [-0.15, -0.1) is 0 Å². The van der Waals surface area contributed by atoms with Crippen molar-refractivity contribution in [3.8, 4) is 5.75 Å². The van der Waals surface area contributed by atoms with Crippen LogP contribution >= 0.6 is 0 Å². The Bertz CT molecular complexity index is 448. The van der Waals surface area contributed by atoms with Crippen LogP contribution in [-0.2, 0) is 10.8 Å². The molecule has 0 aliphatic rings. The SMILES string of the molecule is CC(C)(C)c1ccc(OC(=O)O)c(C(C)(C)C)c1. The minimum absolute atomic E-state index is 0.0295. The molecular weight excluding hydrogens is 228 g/mol. The van der Waals surface area contributed by atoms with Crippen molar-refractivity contribution in [2.24, 2.45) is 0 Å². The van der Waals surface area contributed by atoms with E-state index in [0.717, 1.165) is 5.56 Å². The summed E-state index contributed by atoms with van der Waals surface area (Å²) in [5, 5.41) is 8.76. The van der Waals surface area contributed by atoms with E-state index in [4.69, 9.17) is 9.84 Å². The normalized spacial score (nSPS) is 12.3. The van der Waals surface area contributed by atoms with Gasteiger partial charge in [-0.2, -0.15) is 0 Å². The molecule has 0 aromatic heterocycles. The summed E-state index contributed by atoms with van der Waals surface area (Å²) in [5.74, 6) is 0.419. The average Bonchev–Trinajstić information content (AvgIpc) is 2.13. The van der Waals surface area contributed by atoms with Crippen LogP contribution in [-0.4, -0.2) is 11.3 Å². The molecule has 1 aromatic carbocycles. The van der Waals surface area contributed by atoms with E-state index < -0.39 is 6.16 Å². The van der Waals surface area contributed by atoms with Gasteiger partial charge in [-0.05, 0) is 22.5 Å². The van der Waals surface area contributed by atoms with Gasteiger partial charge in [0.25, 0.3) is 0 Å². The lowest BCUT2D eigenvalue weighted by atomic mass is 9.80. The zero-order valence-corrected chi connectivity index (χ0v) is 12.0. The van der Waals surface area contributed by atoms with Crippen LogP contribution in [0.2, 0.25) is 0 Å². The van der Waals surface area contributed by atoms with E-state index in [1.165, 1.54) is 5.56 Å². The molecule has 0 radical (unpaired) electrons. The van der Waals surface area contributed by atoms with Crippen LogP contribution < -0.4 is 4.74 Å². The molecule has 0 fully saturated rings. The molecule has 0 spiro atoms. The first-order valence-corrected chi connectivity index (χ1v) is 6.07. The Labute approximate surface area is 109 Å². The quantitative estimate of drug-likeness (QED) is 0.595. The summed E-state index contributed by atoms with van der Waals surface area (Å²) in [6.07, 6.45) is -1.27. The monoisotopic (exact) mass is 250 g/mol. The second kappa shape index (κ2) is 4.63.